The quantitative estimate of drug-likeness (QED) is 0.224. The molecule has 1 aliphatic rings. The van der Waals surface area contributed by atoms with Crippen molar-refractivity contribution in [3.8, 4) is 17.5 Å². The molecule has 3 aromatic heterocycles. The summed E-state index contributed by atoms with van der Waals surface area (Å²) in [6, 6.07) is 15.8. The lowest BCUT2D eigenvalue weighted by atomic mass is 10.1. The van der Waals surface area contributed by atoms with E-state index in [2.05, 4.69) is 32.1 Å². The van der Waals surface area contributed by atoms with Crippen LogP contribution in [0.3, 0.4) is 0 Å². The van der Waals surface area contributed by atoms with Crippen molar-refractivity contribution >= 4 is 28.3 Å². The molecule has 5 aromatic rings. The number of benzene rings is 2. The molecule has 1 amide bonds. The molecule has 0 aliphatic carbocycles. The van der Waals surface area contributed by atoms with Crippen molar-refractivity contribution in [3.63, 3.8) is 0 Å². The fourth-order valence-electron chi connectivity index (χ4n) is 4.98. The van der Waals surface area contributed by atoms with Gasteiger partial charge in [0, 0.05) is 24.7 Å². The normalized spacial score (nSPS) is 14.5. The number of carbonyl (C=O) groups is 1. The molecule has 206 valence electrons. The van der Waals surface area contributed by atoms with Crippen LogP contribution in [0, 0.1) is 11.8 Å². The van der Waals surface area contributed by atoms with E-state index >= 15 is 0 Å². The number of aromatic amines is 1. The molecule has 41 heavy (non-hydrogen) atoms. The molecule has 6 rings (SSSR count). The zero-order valence-electron chi connectivity index (χ0n) is 22.5. The summed E-state index contributed by atoms with van der Waals surface area (Å²) in [4.78, 5) is 39.0. The molecule has 0 saturated carbocycles. The van der Waals surface area contributed by atoms with Crippen molar-refractivity contribution in [1.29, 1.82) is 0 Å². The summed E-state index contributed by atoms with van der Waals surface area (Å²) in [5.41, 5.74) is 8.19. The Kier molecular flexibility index (Phi) is 7.16. The third kappa shape index (κ3) is 5.14. The van der Waals surface area contributed by atoms with Crippen molar-refractivity contribution in [2.24, 2.45) is 0 Å². The molecule has 1 saturated heterocycles. The van der Waals surface area contributed by atoms with E-state index in [0.29, 0.717) is 53.4 Å². The minimum Gasteiger partial charge on any atom is -0.382 e. The number of rotatable bonds is 5. The lowest BCUT2D eigenvalue weighted by molar-refractivity contribution is -0.577. The number of hydrogen-bond donors (Lipinski definition) is 3. The smallest absolute Gasteiger partial charge is 0.362 e. The van der Waals surface area contributed by atoms with Gasteiger partial charge in [-0.2, -0.15) is 0 Å². The van der Waals surface area contributed by atoms with Gasteiger partial charge in [0.15, 0.2) is 11.4 Å². The van der Waals surface area contributed by atoms with Crippen molar-refractivity contribution in [3.05, 3.63) is 94.3 Å². The Morgan fingerprint density at radius 1 is 1.17 bits per heavy atom. The van der Waals surface area contributed by atoms with Gasteiger partial charge in [-0.25, -0.2) is 10.1 Å². The third-order valence-electron chi connectivity index (χ3n) is 7.01. The summed E-state index contributed by atoms with van der Waals surface area (Å²) in [6.45, 7) is 5.42. The van der Waals surface area contributed by atoms with Crippen LogP contribution in [0.2, 0.25) is 0 Å². The average molecular weight is 550 g/mol. The highest BCUT2D eigenvalue weighted by Crippen LogP contribution is 2.21. The Labute approximate surface area is 235 Å². The number of amides is 1. The maximum Gasteiger partial charge on any atom is 0.362 e. The standard InChI is InChI=1S/C30H28N8O3/c1-20(33-29(39)25-26(31)35-37-15-7-13-32-28(25)37)27-34-23-12-5-8-21(9-6-14-36-16-18-41-19-17-36)24(23)30(40)38(27)22-10-3-2-4-11-22/h2-5,7-8,10-13,15,20H,14,16-19H2,1H3,(H3,31,33,35,39)/p+1. The highest BCUT2D eigenvalue weighted by Gasteiger charge is 2.27. The lowest BCUT2D eigenvalue weighted by Crippen LogP contribution is -2.36. The first-order chi connectivity index (χ1) is 20.0. The van der Waals surface area contributed by atoms with Gasteiger partial charge < -0.3 is 15.8 Å². The fourth-order valence-corrected chi connectivity index (χ4v) is 4.98. The average Bonchev–Trinajstić information content (AvgIpc) is 3.33. The van der Waals surface area contributed by atoms with Crippen LogP contribution in [0.15, 0.2) is 71.8 Å². The van der Waals surface area contributed by atoms with Crippen molar-refractivity contribution in [1.82, 2.24) is 29.9 Å². The summed E-state index contributed by atoms with van der Waals surface area (Å²) in [5, 5.41) is 6.30. The zero-order valence-corrected chi connectivity index (χ0v) is 22.5. The number of nitrogen functional groups attached to an aromatic ring is 1. The van der Waals surface area contributed by atoms with E-state index in [1.54, 1.807) is 36.0 Å². The highest BCUT2D eigenvalue weighted by atomic mass is 16.5. The number of ether oxygens (including phenoxy) is 1. The summed E-state index contributed by atoms with van der Waals surface area (Å²) in [5.74, 6) is 6.52. The molecular weight excluding hydrogens is 520 g/mol. The van der Waals surface area contributed by atoms with Crippen LogP contribution in [0.5, 0.6) is 0 Å². The highest BCUT2D eigenvalue weighted by molar-refractivity contribution is 6.03. The largest absolute Gasteiger partial charge is 0.382 e. The summed E-state index contributed by atoms with van der Waals surface area (Å²) in [7, 11) is 0. The van der Waals surface area contributed by atoms with Gasteiger partial charge in [0.25, 0.3) is 11.5 Å². The second kappa shape index (κ2) is 11.2. The molecule has 2 aromatic carbocycles. The lowest BCUT2D eigenvalue weighted by Gasteiger charge is -2.24. The monoisotopic (exact) mass is 549 g/mol. The van der Waals surface area contributed by atoms with Crippen LogP contribution in [0.1, 0.15) is 34.7 Å². The van der Waals surface area contributed by atoms with E-state index in [1.165, 1.54) is 4.57 Å². The minimum absolute atomic E-state index is 0.181. The second-order valence-electron chi connectivity index (χ2n) is 9.75. The molecule has 11 heteroatoms. The number of nitrogens with zero attached hydrogens (tertiary/aromatic N) is 5. The molecule has 4 N–H and O–H groups in total. The van der Waals surface area contributed by atoms with Crippen LogP contribution in [0.4, 0.5) is 5.82 Å². The fraction of sp³-hybridized carbons (Fsp3) is 0.233. The Morgan fingerprint density at radius 2 is 1.98 bits per heavy atom. The molecule has 0 radical (unpaired) electrons. The molecular formula is C30H29N8O3+. The van der Waals surface area contributed by atoms with Crippen LogP contribution in [-0.2, 0) is 4.74 Å². The Balaban J connectivity index is 1.41. The second-order valence-corrected chi connectivity index (χ2v) is 9.75. The molecule has 1 atom stereocenters. The first-order valence-electron chi connectivity index (χ1n) is 13.4. The number of para-hydroxylation sites is 1. The van der Waals surface area contributed by atoms with Gasteiger partial charge in [0.1, 0.15) is 18.2 Å². The van der Waals surface area contributed by atoms with E-state index in [-0.39, 0.29) is 16.9 Å². The number of nitrogens with one attached hydrogen (secondary N) is 2. The maximum absolute atomic E-state index is 14.2. The number of fused-ring (bicyclic) bond motifs is 2. The van der Waals surface area contributed by atoms with Gasteiger partial charge in [-0.05, 0) is 36.2 Å². The minimum atomic E-state index is -0.658. The summed E-state index contributed by atoms with van der Waals surface area (Å²) >= 11 is 0. The number of H-pyrrole nitrogens is 1. The van der Waals surface area contributed by atoms with E-state index in [4.69, 9.17) is 15.5 Å². The number of carbonyl (C=O) groups excluding carboxylic acids is 1. The molecule has 11 nitrogen and oxygen atoms in total. The summed E-state index contributed by atoms with van der Waals surface area (Å²) < 4.78 is 8.52. The van der Waals surface area contributed by atoms with E-state index in [1.807, 2.05) is 42.5 Å². The number of nitrogens with two attached hydrogens (primary N) is 1. The van der Waals surface area contributed by atoms with E-state index < -0.39 is 11.9 Å². The van der Waals surface area contributed by atoms with E-state index in [9.17, 15) is 9.59 Å². The first kappa shape index (κ1) is 26.2. The maximum atomic E-state index is 14.2. The van der Waals surface area contributed by atoms with Gasteiger partial charge in [-0.1, -0.05) is 36.1 Å². The molecule has 0 bridgehead atoms. The molecule has 1 aliphatic heterocycles. The Morgan fingerprint density at radius 3 is 2.78 bits per heavy atom. The summed E-state index contributed by atoms with van der Waals surface area (Å²) in [6.07, 6.45) is 3.31. The predicted molar refractivity (Wildman–Crippen MR) is 154 cm³/mol. The van der Waals surface area contributed by atoms with Crippen molar-refractivity contribution < 1.29 is 14.0 Å². The van der Waals surface area contributed by atoms with Gasteiger partial charge in [0.2, 0.25) is 0 Å². The van der Waals surface area contributed by atoms with Crippen molar-refractivity contribution in [2.45, 2.75) is 13.0 Å². The SMILES string of the molecule is CC(NC(=O)c1c(N)[nH][n+]2cccnc12)c1nc2cccc(C#CCN3CCOCC3)c2c(=O)n1-c1ccccc1. The number of hydrogen-bond acceptors (Lipinski definition) is 7. The Bertz CT molecular complexity index is 1860. The molecule has 1 unspecified atom stereocenters. The third-order valence-corrected chi connectivity index (χ3v) is 7.01. The molecule has 0 spiro atoms. The van der Waals surface area contributed by atoms with Crippen LogP contribution in [0.25, 0.3) is 22.2 Å². The van der Waals surface area contributed by atoms with Gasteiger partial charge >= 0.3 is 5.65 Å². The van der Waals surface area contributed by atoms with Gasteiger partial charge in [-0.15, -0.1) is 4.52 Å². The van der Waals surface area contributed by atoms with Crippen molar-refractivity contribution in [2.75, 3.05) is 38.6 Å². The zero-order chi connectivity index (χ0) is 28.3. The molecule has 1 fully saturated rings. The van der Waals surface area contributed by atoms with Crippen LogP contribution < -0.4 is 21.1 Å². The van der Waals surface area contributed by atoms with Gasteiger partial charge in [0.05, 0.1) is 42.4 Å². The topological polar surface area (TPSA) is 135 Å². The Hall–Kier alpha value is -5.05. The predicted octanol–water partition coefficient (Wildman–Crippen LogP) is 1.60. The van der Waals surface area contributed by atoms with Gasteiger partial charge in [-0.3, -0.25) is 19.1 Å². The first-order valence-corrected chi connectivity index (χ1v) is 13.4. The number of morpholine rings is 1. The van der Waals surface area contributed by atoms with Crippen LogP contribution in [-0.4, -0.2) is 63.3 Å². The molecule has 4 heterocycles. The van der Waals surface area contributed by atoms with E-state index in [0.717, 1.165) is 13.1 Å². The number of aromatic nitrogens is 5. The van der Waals surface area contributed by atoms with Crippen LogP contribution >= 0.6 is 0 Å². The number of anilines is 1.